The Morgan fingerprint density at radius 3 is 2.59 bits per heavy atom. The zero-order chi connectivity index (χ0) is 31.6. The van der Waals surface area contributed by atoms with Gasteiger partial charge in [0.2, 0.25) is 11.8 Å². The molecule has 2 amide bonds. The van der Waals surface area contributed by atoms with Gasteiger partial charge in [0.1, 0.15) is 29.0 Å². The summed E-state index contributed by atoms with van der Waals surface area (Å²) in [5.41, 5.74) is 0.192. The number of aromatic hydroxyl groups is 1. The smallest absolute Gasteiger partial charge is 0.282 e. The van der Waals surface area contributed by atoms with Gasteiger partial charge in [0.15, 0.2) is 11.5 Å². The topological polar surface area (TPSA) is 121 Å². The molecule has 10 nitrogen and oxygen atoms in total. The zero-order valence-corrected chi connectivity index (χ0v) is 24.6. The Morgan fingerprint density at radius 1 is 1.16 bits per heavy atom. The molecule has 44 heavy (non-hydrogen) atoms. The van der Waals surface area contributed by atoms with E-state index >= 15 is 8.78 Å². The highest BCUT2D eigenvalue weighted by molar-refractivity contribution is 6.11. The second-order valence-corrected chi connectivity index (χ2v) is 11.4. The van der Waals surface area contributed by atoms with E-state index in [1.807, 2.05) is 13.8 Å². The van der Waals surface area contributed by atoms with E-state index in [0.717, 1.165) is 12.1 Å². The van der Waals surface area contributed by atoms with Gasteiger partial charge in [-0.05, 0) is 55.7 Å². The van der Waals surface area contributed by atoms with Crippen molar-refractivity contribution < 1.29 is 23.5 Å². The molecule has 1 fully saturated rings. The lowest BCUT2D eigenvalue weighted by Crippen LogP contribution is -2.64. The zero-order valence-electron chi connectivity index (χ0n) is 24.6. The number of pyridine rings is 3. The standard InChI is InChI=1S/C32H30F2N6O4/c1-6-23(42)38-14-21-31(43)37-27-29(39(21)13-17(38)5)18-12-20(34)26(24-19(33)8-7-9-22(24)41)36-30(18)40(32(27)44)28-16(4)10-11-35-25(28)15(2)3/h6-12,15,17,21,41H,1,13-14H2,2-5H3,(H,37,43)/t17-,21-/m1/s1. The van der Waals surface area contributed by atoms with Gasteiger partial charge in [-0.15, -0.1) is 0 Å². The number of nitrogens with one attached hydrogen (secondary N) is 1. The molecule has 1 aromatic carbocycles. The monoisotopic (exact) mass is 600 g/mol. The van der Waals surface area contributed by atoms with Crippen LogP contribution in [0.25, 0.3) is 28.0 Å². The number of amides is 2. The highest BCUT2D eigenvalue weighted by Gasteiger charge is 2.44. The summed E-state index contributed by atoms with van der Waals surface area (Å²) in [6.45, 7) is 11.1. The first-order chi connectivity index (χ1) is 20.9. The maximum Gasteiger partial charge on any atom is 0.282 e. The quantitative estimate of drug-likeness (QED) is 0.333. The number of nitrogens with zero attached hydrogens (tertiary/aromatic N) is 5. The number of benzene rings is 1. The number of hydrogen-bond acceptors (Lipinski definition) is 7. The number of aryl methyl sites for hydroxylation is 1. The fraction of sp³-hybridized carbons (Fsp3) is 0.281. The Morgan fingerprint density at radius 2 is 1.91 bits per heavy atom. The predicted molar refractivity (Wildman–Crippen MR) is 162 cm³/mol. The van der Waals surface area contributed by atoms with Crippen molar-refractivity contribution in [1.29, 1.82) is 0 Å². The summed E-state index contributed by atoms with van der Waals surface area (Å²) in [6, 6.07) is 5.18. The number of piperazine rings is 1. The third kappa shape index (κ3) is 4.31. The van der Waals surface area contributed by atoms with Crippen molar-refractivity contribution >= 4 is 34.2 Å². The fourth-order valence-corrected chi connectivity index (χ4v) is 6.17. The van der Waals surface area contributed by atoms with Gasteiger partial charge >= 0.3 is 0 Å². The number of fused-ring (bicyclic) bond motifs is 5. The van der Waals surface area contributed by atoms with E-state index in [-0.39, 0.29) is 53.4 Å². The van der Waals surface area contributed by atoms with E-state index in [0.29, 0.717) is 16.9 Å². The Hall–Kier alpha value is -5.13. The van der Waals surface area contributed by atoms with Gasteiger partial charge < -0.3 is 20.2 Å². The minimum Gasteiger partial charge on any atom is -0.507 e. The third-order valence-electron chi connectivity index (χ3n) is 8.26. The average molecular weight is 601 g/mol. The van der Waals surface area contributed by atoms with Crippen molar-refractivity contribution in [2.24, 2.45) is 0 Å². The van der Waals surface area contributed by atoms with Crippen LogP contribution in [0.3, 0.4) is 0 Å². The van der Waals surface area contributed by atoms with Crippen LogP contribution in [-0.4, -0.2) is 61.5 Å². The molecule has 0 unspecified atom stereocenters. The molecule has 0 spiro atoms. The van der Waals surface area contributed by atoms with E-state index in [9.17, 15) is 19.5 Å². The van der Waals surface area contributed by atoms with Gasteiger partial charge in [-0.25, -0.2) is 13.8 Å². The molecule has 0 saturated carbocycles. The number of hydrogen-bond donors (Lipinski definition) is 2. The van der Waals surface area contributed by atoms with E-state index in [1.54, 1.807) is 31.0 Å². The lowest BCUT2D eigenvalue weighted by atomic mass is 9.98. The van der Waals surface area contributed by atoms with Crippen molar-refractivity contribution in [3.05, 3.63) is 82.4 Å². The minimum atomic E-state index is -0.945. The lowest BCUT2D eigenvalue weighted by Gasteiger charge is -2.48. The number of carbonyl (C=O) groups excluding carboxylic acids is 2. The maximum atomic E-state index is 16.0. The van der Waals surface area contributed by atoms with Gasteiger partial charge in [-0.2, -0.15) is 0 Å². The van der Waals surface area contributed by atoms with E-state index in [1.165, 1.54) is 27.7 Å². The van der Waals surface area contributed by atoms with Crippen LogP contribution in [0.1, 0.15) is 37.9 Å². The maximum absolute atomic E-state index is 16.0. The Kier molecular flexibility index (Phi) is 6.94. The van der Waals surface area contributed by atoms with E-state index < -0.39 is 46.1 Å². The average Bonchev–Trinajstić information content (AvgIpc) is 2.97. The van der Waals surface area contributed by atoms with E-state index in [2.05, 4.69) is 21.9 Å². The van der Waals surface area contributed by atoms with Gasteiger partial charge in [-0.3, -0.25) is 23.9 Å². The Bertz CT molecular complexity index is 1940. The SMILES string of the molecule is C=CC(=O)N1C[C@@H]2C(=O)Nc3c(c4cc(F)c(-c5c(O)cccc5F)nc4n(-c4c(C)ccnc4C(C)C)c3=O)N2C[C@H]1C. The third-order valence-corrected chi connectivity index (χ3v) is 8.26. The van der Waals surface area contributed by atoms with Crippen molar-refractivity contribution in [1.82, 2.24) is 19.4 Å². The van der Waals surface area contributed by atoms with Crippen LogP contribution in [0.4, 0.5) is 20.2 Å². The second-order valence-electron chi connectivity index (χ2n) is 11.4. The molecule has 2 aliphatic rings. The number of carbonyl (C=O) groups is 2. The molecule has 1 saturated heterocycles. The van der Waals surface area contributed by atoms with Gasteiger partial charge in [0.05, 0.1) is 29.2 Å². The summed E-state index contributed by atoms with van der Waals surface area (Å²) in [5.74, 6) is -3.35. The number of rotatable bonds is 4. The molecule has 3 aromatic heterocycles. The minimum absolute atomic E-state index is 0.0121. The van der Waals surface area contributed by atoms with Crippen LogP contribution < -0.4 is 15.8 Å². The number of halogens is 2. The molecule has 6 rings (SSSR count). The molecule has 2 aliphatic heterocycles. The Labute approximate surface area is 251 Å². The molecule has 0 radical (unpaired) electrons. The number of aromatic nitrogens is 3. The Balaban J connectivity index is 1.73. The van der Waals surface area contributed by atoms with Crippen LogP contribution in [0.2, 0.25) is 0 Å². The van der Waals surface area contributed by atoms with Crippen LogP contribution in [0, 0.1) is 18.6 Å². The molecule has 5 heterocycles. The molecule has 2 N–H and O–H groups in total. The highest BCUT2D eigenvalue weighted by atomic mass is 19.1. The summed E-state index contributed by atoms with van der Waals surface area (Å²) in [4.78, 5) is 52.8. The van der Waals surface area contributed by atoms with Crippen molar-refractivity contribution in [2.75, 3.05) is 23.3 Å². The van der Waals surface area contributed by atoms with Crippen molar-refractivity contribution in [3.8, 4) is 22.7 Å². The van der Waals surface area contributed by atoms with Gasteiger partial charge in [-0.1, -0.05) is 26.5 Å². The molecule has 0 aliphatic carbocycles. The van der Waals surface area contributed by atoms with Gasteiger partial charge in [0, 0.05) is 24.2 Å². The number of phenols is 1. The molecule has 226 valence electrons. The fourth-order valence-electron chi connectivity index (χ4n) is 6.17. The molecular formula is C32H30F2N6O4. The second kappa shape index (κ2) is 10.5. The van der Waals surface area contributed by atoms with Gasteiger partial charge in [0.25, 0.3) is 5.56 Å². The first-order valence-corrected chi connectivity index (χ1v) is 14.2. The first kappa shape index (κ1) is 29.0. The van der Waals surface area contributed by atoms with E-state index in [4.69, 9.17) is 0 Å². The predicted octanol–water partition coefficient (Wildman–Crippen LogP) is 4.41. The summed E-state index contributed by atoms with van der Waals surface area (Å²) < 4.78 is 32.3. The van der Waals surface area contributed by atoms with Crippen molar-refractivity contribution in [3.63, 3.8) is 0 Å². The molecule has 12 heteroatoms. The largest absolute Gasteiger partial charge is 0.507 e. The normalized spacial score (nSPS) is 17.8. The molecule has 4 aromatic rings. The first-order valence-electron chi connectivity index (χ1n) is 14.2. The summed E-state index contributed by atoms with van der Waals surface area (Å²) >= 11 is 0. The van der Waals surface area contributed by atoms with Crippen molar-refractivity contribution in [2.45, 2.75) is 45.7 Å². The van der Waals surface area contributed by atoms with Crippen LogP contribution in [-0.2, 0) is 9.59 Å². The molecular weight excluding hydrogens is 570 g/mol. The van der Waals surface area contributed by atoms with Crippen LogP contribution >= 0.6 is 0 Å². The highest BCUT2D eigenvalue weighted by Crippen LogP contribution is 2.42. The summed E-state index contributed by atoms with van der Waals surface area (Å²) in [6.07, 6.45) is 2.80. The number of phenolic OH excluding ortho intramolecular Hbond substituents is 1. The lowest BCUT2D eigenvalue weighted by molar-refractivity contribution is -0.130. The van der Waals surface area contributed by atoms with Crippen LogP contribution in [0.5, 0.6) is 5.75 Å². The summed E-state index contributed by atoms with van der Waals surface area (Å²) in [5, 5.41) is 13.4. The molecule has 2 atom stereocenters. The van der Waals surface area contributed by atoms with Crippen LogP contribution in [0.15, 0.2) is 54.0 Å². The number of anilines is 2. The summed E-state index contributed by atoms with van der Waals surface area (Å²) in [7, 11) is 0. The molecule has 0 bridgehead atoms.